The molecule has 0 spiro atoms. The van der Waals surface area contributed by atoms with Crippen LogP contribution in [0.25, 0.3) is 0 Å². The summed E-state index contributed by atoms with van der Waals surface area (Å²) in [6.45, 7) is 4.56. The third-order valence-corrected chi connectivity index (χ3v) is 4.27. The molecule has 1 heterocycles. The van der Waals surface area contributed by atoms with Gasteiger partial charge in [-0.1, -0.05) is 26.7 Å². The molecule has 0 aliphatic heterocycles. The minimum atomic E-state index is 0.768. The maximum atomic E-state index is 4.71. The van der Waals surface area contributed by atoms with Crippen molar-refractivity contribution in [2.75, 3.05) is 0 Å². The van der Waals surface area contributed by atoms with Gasteiger partial charge < -0.3 is 0 Å². The van der Waals surface area contributed by atoms with Gasteiger partial charge in [-0.05, 0) is 25.2 Å². The van der Waals surface area contributed by atoms with E-state index in [2.05, 4.69) is 19.2 Å². The first-order chi connectivity index (χ1) is 6.79. The van der Waals surface area contributed by atoms with E-state index < -0.39 is 0 Å². The second-order valence-corrected chi connectivity index (χ2v) is 5.39. The topological polar surface area (TPSA) is 12.9 Å². The molecule has 1 fully saturated rings. The van der Waals surface area contributed by atoms with Gasteiger partial charge in [-0.2, -0.15) is 0 Å². The van der Waals surface area contributed by atoms with E-state index in [-0.39, 0.29) is 0 Å². The van der Waals surface area contributed by atoms with Gasteiger partial charge in [0.15, 0.2) is 0 Å². The molecule has 2 heteroatoms. The Bertz CT molecular complexity index is 292. The highest BCUT2D eigenvalue weighted by Crippen LogP contribution is 2.37. The van der Waals surface area contributed by atoms with Crippen LogP contribution in [0.1, 0.15) is 56.2 Å². The van der Waals surface area contributed by atoms with E-state index in [1.165, 1.54) is 36.4 Å². The van der Waals surface area contributed by atoms with E-state index >= 15 is 0 Å². The van der Waals surface area contributed by atoms with E-state index in [4.69, 9.17) is 4.98 Å². The van der Waals surface area contributed by atoms with Crippen LogP contribution in [-0.4, -0.2) is 4.98 Å². The van der Waals surface area contributed by atoms with E-state index in [0.717, 1.165) is 18.3 Å². The normalized spacial score (nSPS) is 27.9. The van der Waals surface area contributed by atoms with Gasteiger partial charge in [-0.25, -0.2) is 4.98 Å². The van der Waals surface area contributed by atoms with Crippen molar-refractivity contribution < 1.29 is 0 Å². The Balaban J connectivity index is 2.06. The third kappa shape index (κ3) is 2.17. The molecule has 0 saturated heterocycles. The monoisotopic (exact) mass is 209 g/mol. The van der Waals surface area contributed by atoms with Crippen molar-refractivity contribution in [1.82, 2.24) is 4.98 Å². The Hall–Kier alpha value is -0.370. The molecule has 0 radical (unpaired) electrons. The highest BCUT2D eigenvalue weighted by Gasteiger charge is 2.22. The van der Waals surface area contributed by atoms with E-state index in [9.17, 15) is 0 Å². The van der Waals surface area contributed by atoms with Crippen molar-refractivity contribution in [3.05, 3.63) is 16.1 Å². The average Bonchev–Trinajstić information content (AvgIpc) is 2.66. The predicted molar refractivity (Wildman–Crippen MR) is 61.9 cm³/mol. The molecule has 0 amide bonds. The lowest BCUT2D eigenvalue weighted by molar-refractivity contribution is 0.343. The second kappa shape index (κ2) is 4.43. The molecular weight excluding hydrogens is 190 g/mol. The molecule has 1 aromatic heterocycles. The smallest absolute Gasteiger partial charge is 0.0959 e. The Morgan fingerprint density at radius 1 is 1.50 bits per heavy atom. The standard InChI is InChI=1S/C12H19NS/c1-3-11-8-14-12(13-11)10-6-4-5-9(2)7-10/h8-10H,3-7H2,1-2H3. The molecule has 14 heavy (non-hydrogen) atoms. The third-order valence-electron chi connectivity index (χ3n) is 3.22. The van der Waals surface area contributed by atoms with Crippen LogP contribution in [0.2, 0.25) is 0 Å². The summed E-state index contributed by atoms with van der Waals surface area (Å²) in [5, 5.41) is 3.63. The summed E-state index contributed by atoms with van der Waals surface area (Å²) >= 11 is 1.87. The Labute approximate surface area is 90.6 Å². The first-order valence-corrected chi connectivity index (χ1v) is 6.62. The largest absolute Gasteiger partial charge is 0.246 e. The van der Waals surface area contributed by atoms with Gasteiger partial charge in [0.1, 0.15) is 0 Å². The molecule has 1 nitrogen and oxygen atoms in total. The van der Waals surface area contributed by atoms with Crippen molar-refractivity contribution in [1.29, 1.82) is 0 Å². The SMILES string of the molecule is CCc1csc(C2CCCC(C)C2)n1. The number of aromatic nitrogens is 1. The summed E-state index contributed by atoms with van der Waals surface area (Å²) in [5.74, 6) is 1.67. The van der Waals surface area contributed by atoms with Gasteiger partial charge in [0.2, 0.25) is 0 Å². The van der Waals surface area contributed by atoms with Gasteiger partial charge >= 0.3 is 0 Å². The summed E-state index contributed by atoms with van der Waals surface area (Å²) < 4.78 is 0. The lowest BCUT2D eigenvalue weighted by Crippen LogP contribution is -2.11. The zero-order valence-corrected chi connectivity index (χ0v) is 9.94. The Morgan fingerprint density at radius 3 is 3.00 bits per heavy atom. The highest BCUT2D eigenvalue weighted by atomic mass is 32.1. The van der Waals surface area contributed by atoms with Crippen LogP contribution in [0.15, 0.2) is 5.38 Å². The van der Waals surface area contributed by atoms with E-state index in [1.54, 1.807) is 0 Å². The van der Waals surface area contributed by atoms with Gasteiger partial charge in [0.05, 0.1) is 10.7 Å². The molecule has 1 aromatic rings. The molecule has 1 saturated carbocycles. The minimum absolute atomic E-state index is 0.768. The summed E-state index contributed by atoms with van der Waals surface area (Å²) in [7, 11) is 0. The number of hydrogen-bond acceptors (Lipinski definition) is 2. The molecule has 1 aliphatic rings. The van der Waals surface area contributed by atoms with Crippen molar-refractivity contribution in [2.24, 2.45) is 5.92 Å². The molecule has 0 aromatic carbocycles. The van der Waals surface area contributed by atoms with Gasteiger partial charge in [-0.3, -0.25) is 0 Å². The van der Waals surface area contributed by atoms with Gasteiger partial charge in [-0.15, -0.1) is 11.3 Å². The quantitative estimate of drug-likeness (QED) is 0.717. The summed E-state index contributed by atoms with van der Waals surface area (Å²) in [4.78, 5) is 4.71. The number of hydrogen-bond donors (Lipinski definition) is 0. The van der Waals surface area contributed by atoms with Crippen LogP contribution in [0.3, 0.4) is 0 Å². The first kappa shape index (κ1) is 10.2. The minimum Gasteiger partial charge on any atom is -0.246 e. The molecular formula is C12H19NS. The lowest BCUT2D eigenvalue weighted by atomic mass is 9.83. The molecule has 1 aliphatic carbocycles. The molecule has 78 valence electrons. The molecule has 2 unspecified atom stereocenters. The fourth-order valence-corrected chi connectivity index (χ4v) is 3.38. The highest BCUT2D eigenvalue weighted by molar-refractivity contribution is 7.09. The lowest BCUT2D eigenvalue weighted by Gasteiger charge is -2.24. The van der Waals surface area contributed by atoms with Crippen LogP contribution in [0.5, 0.6) is 0 Å². The predicted octanol–water partition coefficient (Wildman–Crippen LogP) is 4.00. The maximum Gasteiger partial charge on any atom is 0.0959 e. The number of rotatable bonds is 2. The second-order valence-electron chi connectivity index (χ2n) is 4.50. The fraction of sp³-hybridized carbons (Fsp3) is 0.750. The first-order valence-electron chi connectivity index (χ1n) is 5.74. The number of nitrogens with zero attached hydrogens (tertiary/aromatic N) is 1. The van der Waals surface area contributed by atoms with Crippen LogP contribution < -0.4 is 0 Å². The van der Waals surface area contributed by atoms with Crippen LogP contribution >= 0.6 is 11.3 Å². The van der Waals surface area contributed by atoms with Crippen LogP contribution in [0.4, 0.5) is 0 Å². The van der Waals surface area contributed by atoms with Crippen molar-refractivity contribution >= 4 is 11.3 Å². The zero-order chi connectivity index (χ0) is 9.97. The summed E-state index contributed by atoms with van der Waals surface area (Å²) in [6, 6.07) is 0. The van der Waals surface area contributed by atoms with Crippen molar-refractivity contribution in [2.45, 2.75) is 51.9 Å². The van der Waals surface area contributed by atoms with E-state index in [0.29, 0.717) is 0 Å². The number of aryl methyl sites for hydroxylation is 1. The Kier molecular flexibility index (Phi) is 3.22. The fourth-order valence-electron chi connectivity index (χ4n) is 2.33. The van der Waals surface area contributed by atoms with Crippen molar-refractivity contribution in [3.8, 4) is 0 Å². The van der Waals surface area contributed by atoms with Crippen LogP contribution in [0, 0.1) is 5.92 Å². The maximum absolute atomic E-state index is 4.71. The summed E-state index contributed by atoms with van der Waals surface area (Å²) in [5.41, 5.74) is 1.28. The molecule has 2 rings (SSSR count). The van der Waals surface area contributed by atoms with Gasteiger partial charge in [0.25, 0.3) is 0 Å². The molecule has 0 N–H and O–H groups in total. The molecule has 2 atom stereocenters. The van der Waals surface area contributed by atoms with Crippen molar-refractivity contribution in [3.63, 3.8) is 0 Å². The molecule has 0 bridgehead atoms. The van der Waals surface area contributed by atoms with Gasteiger partial charge in [0, 0.05) is 11.3 Å². The average molecular weight is 209 g/mol. The summed E-state index contributed by atoms with van der Waals surface area (Å²) in [6.07, 6.45) is 6.62. The Morgan fingerprint density at radius 2 is 2.36 bits per heavy atom. The zero-order valence-electron chi connectivity index (χ0n) is 9.12. The van der Waals surface area contributed by atoms with Crippen LogP contribution in [-0.2, 0) is 6.42 Å². The van der Waals surface area contributed by atoms with E-state index in [1.807, 2.05) is 11.3 Å². The number of thiazole rings is 1.